The summed E-state index contributed by atoms with van der Waals surface area (Å²) in [6.45, 7) is 0.957. The van der Waals surface area contributed by atoms with Crippen LogP contribution in [0.4, 0.5) is 0 Å². The normalized spacial score (nSPS) is 13.3. The monoisotopic (exact) mass is 191 g/mol. The molecule has 0 radical (unpaired) electrons. The first kappa shape index (κ1) is 11.8. The van der Waals surface area contributed by atoms with Crippen molar-refractivity contribution < 1.29 is 9.90 Å². The number of carbonyl (C=O) groups is 1. The lowest BCUT2D eigenvalue weighted by Gasteiger charge is -2.15. The highest BCUT2D eigenvalue weighted by Crippen LogP contribution is 2.14. The van der Waals surface area contributed by atoms with Gasteiger partial charge in [-0.15, -0.1) is 0 Å². The van der Waals surface area contributed by atoms with Crippen molar-refractivity contribution in [2.24, 2.45) is 0 Å². The van der Waals surface area contributed by atoms with Crippen LogP contribution >= 0.6 is 11.8 Å². The summed E-state index contributed by atoms with van der Waals surface area (Å²) in [6.07, 6.45) is 3.18. The predicted octanol–water partition coefficient (Wildman–Crippen LogP) is 1.14. The van der Waals surface area contributed by atoms with E-state index in [1.807, 2.05) is 20.4 Å². The zero-order valence-corrected chi connectivity index (χ0v) is 8.73. The molecule has 0 saturated carbocycles. The van der Waals surface area contributed by atoms with Gasteiger partial charge in [-0.3, -0.25) is 4.79 Å². The highest BCUT2D eigenvalue weighted by atomic mass is 32.2. The Hall–Kier alpha value is -0.220. The zero-order chi connectivity index (χ0) is 9.56. The van der Waals surface area contributed by atoms with Crippen LogP contribution in [0.25, 0.3) is 0 Å². The molecule has 0 aromatic heterocycles. The second-order valence-corrected chi connectivity index (χ2v) is 4.19. The van der Waals surface area contributed by atoms with Gasteiger partial charge >= 0.3 is 5.97 Å². The Morgan fingerprint density at radius 2 is 2.17 bits per heavy atom. The molecule has 0 amide bonds. The first-order valence-electron chi connectivity index (χ1n) is 3.95. The van der Waals surface area contributed by atoms with Crippen molar-refractivity contribution in [3.63, 3.8) is 0 Å². The van der Waals surface area contributed by atoms with E-state index >= 15 is 0 Å². The van der Waals surface area contributed by atoms with Gasteiger partial charge in [0.15, 0.2) is 0 Å². The van der Waals surface area contributed by atoms with Crippen LogP contribution in [0.3, 0.4) is 0 Å². The third kappa shape index (κ3) is 6.49. The molecule has 0 aliphatic heterocycles. The summed E-state index contributed by atoms with van der Waals surface area (Å²) in [5.74, 6) is -0.701. The molecule has 72 valence electrons. The summed E-state index contributed by atoms with van der Waals surface area (Å²) in [5.41, 5.74) is 0. The molecule has 0 heterocycles. The van der Waals surface area contributed by atoms with Gasteiger partial charge in [0.1, 0.15) is 0 Å². The highest BCUT2D eigenvalue weighted by Gasteiger charge is 2.11. The van der Waals surface area contributed by atoms with Crippen LogP contribution in [-0.2, 0) is 4.79 Å². The van der Waals surface area contributed by atoms with Crippen molar-refractivity contribution in [1.29, 1.82) is 0 Å². The van der Waals surface area contributed by atoms with Crippen molar-refractivity contribution >= 4 is 17.7 Å². The largest absolute Gasteiger partial charge is 0.481 e. The Balaban J connectivity index is 3.60. The molecular formula is C8H17NO2S. The number of nitrogens with zero attached hydrogens (tertiary/aromatic N) is 1. The van der Waals surface area contributed by atoms with E-state index in [1.165, 1.54) is 0 Å². The van der Waals surface area contributed by atoms with Crippen molar-refractivity contribution in [3.05, 3.63) is 0 Å². The molecular weight excluding hydrogens is 174 g/mol. The Kier molecular flexibility index (Phi) is 6.20. The first-order valence-corrected chi connectivity index (χ1v) is 5.24. The SMILES string of the molecule is CSC(CCN(C)C)CC(=O)O. The van der Waals surface area contributed by atoms with Crippen LogP contribution in [-0.4, -0.2) is 48.1 Å². The molecule has 0 aliphatic carbocycles. The van der Waals surface area contributed by atoms with Gasteiger partial charge in [-0.25, -0.2) is 0 Å². The summed E-state index contributed by atoms with van der Waals surface area (Å²) < 4.78 is 0. The van der Waals surface area contributed by atoms with Crippen LogP contribution in [0.1, 0.15) is 12.8 Å². The molecule has 1 atom stereocenters. The molecule has 0 saturated heterocycles. The number of hydrogen-bond donors (Lipinski definition) is 1. The fraction of sp³-hybridized carbons (Fsp3) is 0.875. The molecule has 12 heavy (non-hydrogen) atoms. The maximum absolute atomic E-state index is 10.4. The van der Waals surface area contributed by atoms with E-state index in [2.05, 4.69) is 4.90 Å². The van der Waals surface area contributed by atoms with Crippen molar-refractivity contribution in [2.45, 2.75) is 18.1 Å². The Morgan fingerprint density at radius 1 is 1.58 bits per heavy atom. The third-order valence-corrected chi connectivity index (χ3v) is 2.70. The molecule has 1 N–H and O–H groups in total. The number of rotatable bonds is 6. The highest BCUT2D eigenvalue weighted by molar-refractivity contribution is 7.99. The van der Waals surface area contributed by atoms with Crippen molar-refractivity contribution in [1.82, 2.24) is 4.90 Å². The molecule has 0 rings (SSSR count). The predicted molar refractivity (Wildman–Crippen MR) is 52.7 cm³/mol. The molecule has 0 spiro atoms. The van der Waals surface area contributed by atoms with E-state index in [4.69, 9.17) is 5.11 Å². The minimum atomic E-state index is -0.701. The van der Waals surface area contributed by atoms with Crippen molar-refractivity contribution in [3.8, 4) is 0 Å². The van der Waals surface area contributed by atoms with Crippen molar-refractivity contribution in [2.75, 3.05) is 26.9 Å². The molecule has 0 aromatic carbocycles. The second kappa shape index (κ2) is 6.31. The van der Waals surface area contributed by atoms with E-state index in [0.717, 1.165) is 13.0 Å². The van der Waals surface area contributed by atoms with Crippen LogP contribution in [0.5, 0.6) is 0 Å². The minimum Gasteiger partial charge on any atom is -0.481 e. The van der Waals surface area contributed by atoms with Gasteiger partial charge in [-0.05, 0) is 33.3 Å². The summed E-state index contributed by atoms with van der Waals surface area (Å²) in [6, 6.07) is 0. The van der Waals surface area contributed by atoms with Crippen LogP contribution in [0.15, 0.2) is 0 Å². The average molecular weight is 191 g/mol. The summed E-state index contributed by atoms with van der Waals surface area (Å²) in [7, 11) is 4.00. The lowest BCUT2D eigenvalue weighted by atomic mass is 10.2. The van der Waals surface area contributed by atoms with E-state index in [1.54, 1.807) is 11.8 Å². The van der Waals surface area contributed by atoms with E-state index < -0.39 is 5.97 Å². The number of thioether (sulfide) groups is 1. The second-order valence-electron chi connectivity index (χ2n) is 3.05. The van der Waals surface area contributed by atoms with E-state index in [-0.39, 0.29) is 11.7 Å². The minimum absolute atomic E-state index is 0.255. The molecule has 0 aliphatic rings. The number of carboxylic acids is 1. The smallest absolute Gasteiger partial charge is 0.304 e. The topological polar surface area (TPSA) is 40.5 Å². The lowest BCUT2D eigenvalue weighted by Crippen LogP contribution is -2.19. The number of carboxylic acid groups (broad SMARTS) is 1. The van der Waals surface area contributed by atoms with E-state index in [0.29, 0.717) is 0 Å². The quantitative estimate of drug-likeness (QED) is 0.683. The molecule has 0 fully saturated rings. The maximum atomic E-state index is 10.4. The number of hydrogen-bond acceptors (Lipinski definition) is 3. The van der Waals surface area contributed by atoms with Gasteiger partial charge in [0, 0.05) is 5.25 Å². The Morgan fingerprint density at radius 3 is 2.50 bits per heavy atom. The van der Waals surface area contributed by atoms with Gasteiger partial charge in [0.25, 0.3) is 0 Å². The lowest BCUT2D eigenvalue weighted by molar-refractivity contribution is -0.137. The molecule has 4 heteroatoms. The fourth-order valence-electron chi connectivity index (χ4n) is 0.900. The maximum Gasteiger partial charge on any atom is 0.304 e. The Bertz CT molecular complexity index is 139. The fourth-order valence-corrected chi connectivity index (χ4v) is 1.55. The first-order chi connectivity index (χ1) is 5.56. The molecule has 0 aromatic rings. The summed E-state index contributed by atoms with van der Waals surface area (Å²) >= 11 is 1.63. The third-order valence-electron chi connectivity index (χ3n) is 1.63. The van der Waals surface area contributed by atoms with Crippen LogP contribution < -0.4 is 0 Å². The molecule has 1 unspecified atom stereocenters. The van der Waals surface area contributed by atoms with Gasteiger partial charge in [-0.2, -0.15) is 11.8 Å². The van der Waals surface area contributed by atoms with Crippen LogP contribution in [0.2, 0.25) is 0 Å². The standard InChI is InChI=1S/C8H17NO2S/c1-9(2)5-4-7(12-3)6-8(10)11/h7H,4-6H2,1-3H3,(H,10,11). The summed E-state index contributed by atoms with van der Waals surface area (Å²) in [4.78, 5) is 12.5. The zero-order valence-electron chi connectivity index (χ0n) is 7.91. The number of aliphatic carboxylic acids is 1. The molecule has 0 bridgehead atoms. The van der Waals surface area contributed by atoms with E-state index in [9.17, 15) is 4.79 Å². The van der Waals surface area contributed by atoms with Gasteiger partial charge in [0.05, 0.1) is 6.42 Å². The Labute approximate surface area is 78.1 Å². The average Bonchev–Trinajstić information content (AvgIpc) is 1.97. The van der Waals surface area contributed by atoms with Gasteiger partial charge in [0.2, 0.25) is 0 Å². The molecule has 3 nitrogen and oxygen atoms in total. The van der Waals surface area contributed by atoms with Gasteiger partial charge in [-0.1, -0.05) is 0 Å². The van der Waals surface area contributed by atoms with Gasteiger partial charge < -0.3 is 10.0 Å². The summed E-state index contributed by atoms with van der Waals surface area (Å²) in [5, 5.41) is 8.81. The van der Waals surface area contributed by atoms with Crippen LogP contribution in [0, 0.1) is 0 Å².